The molecule has 0 radical (unpaired) electrons. The van der Waals surface area contributed by atoms with Crippen LogP contribution in [0.1, 0.15) is 37.3 Å². The fraction of sp³-hybridized carbons (Fsp3) is 0.500. The molecule has 2 atom stereocenters. The average molecular weight is 312 g/mol. The van der Waals surface area contributed by atoms with Crippen molar-refractivity contribution in [3.63, 3.8) is 0 Å². The van der Waals surface area contributed by atoms with Gasteiger partial charge in [0, 0.05) is 11.6 Å². The Bertz CT molecular complexity index is 626. The molecule has 1 aromatic carbocycles. The van der Waals surface area contributed by atoms with Gasteiger partial charge in [-0.3, -0.25) is 0 Å². The summed E-state index contributed by atoms with van der Waals surface area (Å²) in [5.74, 6) is 0.480. The Morgan fingerprint density at radius 3 is 2.80 bits per heavy atom. The van der Waals surface area contributed by atoms with Crippen molar-refractivity contribution < 1.29 is 8.42 Å². The highest BCUT2D eigenvalue weighted by molar-refractivity contribution is 7.89. The second-order valence-corrected chi connectivity index (χ2v) is 7.48. The third-order valence-corrected chi connectivity index (χ3v) is 5.52. The van der Waals surface area contributed by atoms with Crippen LogP contribution in [-0.4, -0.2) is 19.4 Å². The molecule has 1 aliphatic rings. The summed E-state index contributed by atoms with van der Waals surface area (Å²) in [4.78, 5) is 0.474. The molecule has 0 amide bonds. The van der Waals surface area contributed by atoms with Crippen molar-refractivity contribution in [2.45, 2.75) is 44.0 Å². The predicted molar refractivity (Wildman–Crippen MR) is 84.2 cm³/mol. The van der Waals surface area contributed by atoms with Crippen molar-refractivity contribution in [2.24, 2.45) is 11.7 Å². The first kappa shape index (κ1) is 15.4. The van der Waals surface area contributed by atoms with Crippen LogP contribution in [0.3, 0.4) is 0 Å². The van der Waals surface area contributed by atoms with E-state index in [1.165, 1.54) is 0 Å². The molecule has 3 N–H and O–H groups in total. The van der Waals surface area contributed by atoms with Crippen LogP contribution in [-0.2, 0) is 10.0 Å². The number of thiocarbonyl (C=S) groups is 1. The molecule has 0 saturated heterocycles. The molecule has 0 aromatic heterocycles. The first-order valence-corrected chi connectivity index (χ1v) is 8.67. The molecule has 6 heteroatoms. The Balaban J connectivity index is 2.21. The number of nitrogens with two attached hydrogens (primary N) is 1. The molecule has 2 unspecified atom stereocenters. The molecule has 4 nitrogen and oxygen atoms in total. The van der Waals surface area contributed by atoms with Crippen molar-refractivity contribution in [3.05, 3.63) is 29.3 Å². The highest BCUT2D eigenvalue weighted by Crippen LogP contribution is 2.36. The van der Waals surface area contributed by atoms with Gasteiger partial charge in [-0.25, -0.2) is 13.1 Å². The van der Waals surface area contributed by atoms with E-state index in [-0.39, 0.29) is 15.9 Å². The second-order valence-electron chi connectivity index (χ2n) is 5.36. The Morgan fingerprint density at radius 1 is 1.50 bits per heavy atom. The molecule has 0 spiro atoms. The third-order valence-electron chi connectivity index (χ3n) is 3.65. The van der Waals surface area contributed by atoms with Crippen molar-refractivity contribution in [1.29, 1.82) is 0 Å². The van der Waals surface area contributed by atoms with Gasteiger partial charge in [0.15, 0.2) is 0 Å². The van der Waals surface area contributed by atoms with Gasteiger partial charge in [-0.15, -0.1) is 0 Å². The van der Waals surface area contributed by atoms with E-state index >= 15 is 0 Å². The van der Waals surface area contributed by atoms with Gasteiger partial charge < -0.3 is 5.73 Å². The normalized spacial score (nSPS) is 21.7. The molecular weight excluding hydrogens is 292 g/mol. The van der Waals surface area contributed by atoms with Crippen LogP contribution in [0.25, 0.3) is 0 Å². The van der Waals surface area contributed by atoms with Crippen molar-refractivity contribution in [3.8, 4) is 0 Å². The summed E-state index contributed by atoms with van der Waals surface area (Å²) < 4.78 is 27.6. The molecule has 110 valence electrons. The van der Waals surface area contributed by atoms with Crippen LogP contribution in [0.15, 0.2) is 23.1 Å². The summed E-state index contributed by atoms with van der Waals surface area (Å²) in [5, 5.41) is 0. The van der Waals surface area contributed by atoms with Crippen LogP contribution in [0.2, 0.25) is 0 Å². The minimum atomic E-state index is -3.50. The summed E-state index contributed by atoms with van der Waals surface area (Å²) in [6.07, 6.45) is 3.08. The van der Waals surface area contributed by atoms with E-state index in [4.69, 9.17) is 18.0 Å². The lowest BCUT2D eigenvalue weighted by molar-refractivity contribution is 0.572. The number of rotatable bonds is 6. The first-order valence-electron chi connectivity index (χ1n) is 6.78. The van der Waals surface area contributed by atoms with Crippen molar-refractivity contribution >= 4 is 27.2 Å². The van der Waals surface area contributed by atoms with Gasteiger partial charge in [-0.1, -0.05) is 37.7 Å². The number of hydrogen-bond donors (Lipinski definition) is 2. The van der Waals surface area contributed by atoms with E-state index < -0.39 is 10.0 Å². The largest absolute Gasteiger partial charge is 0.389 e. The monoisotopic (exact) mass is 312 g/mol. The molecule has 1 saturated carbocycles. The number of aryl methyl sites for hydroxylation is 1. The number of sulfonamides is 1. The Labute approximate surface area is 125 Å². The van der Waals surface area contributed by atoms with Crippen LogP contribution in [0, 0.1) is 12.8 Å². The van der Waals surface area contributed by atoms with Gasteiger partial charge in [-0.05, 0) is 37.3 Å². The lowest BCUT2D eigenvalue weighted by Crippen LogP contribution is -2.28. The summed E-state index contributed by atoms with van der Waals surface area (Å²) in [6, 6.07) is 5.11. The zero-order valence-electron chi connectivity index (χ0n) is 11.7. The lowest BCUT2D eigenvalue weighted by atomic mass is 10.1. The average Bonchev–Trinajstić information content (AvgIpc) is 3.06. The van der Waals surface area contributed by atoms with Crippen LogP contribution >= 0.6 is 12.2 Å². The SMILES string of the molecule is CCCC1CC1NS(=O)(=O)c1cc(C(N)=S)ccc1C. The van der Waals surface area contributed by atoms with Crippen LogP contribution in [0.5, 0.6) is 0 Å². The molecule has 1 fully saturated rings. The van der Waals surface area contributed by atoms with Gasteiger partial charge in [0.25, 0.3) is 0 Å². The fourth-order valence-electron chi connectivity index (χ4n) is 2.39. The fourth-order valence-corrected chi connectivity index (χ4v) is 4.10. The predicted octanol–water partition coefficient (Wildman–Crippen LogP) is 2.10. The van der Waals surface area contributed by atoms with Gasteiger partial charge >= 0.3 is 0 Å². The summed E-state index contributed by atoms with van der Waals surface area (Å²) in [7, 11) is -3.50. The minimum Gasteiger partial charge on any atom is -0.389 e. The van der Waals surface area contributed by atoms with Crippen LogP contribution < -0.4 is 10.5 Å². The maximum absolute atomic E-state index is 12.4. The molecule has 2 rings (SSSR count). The number of hydrogen-bond acceptors (Lipinski definition) is 3. The van der Waals surface area contributed by atoms with E-state index in [1.54, 1.807) is 25.1 Å². The topological polar surface area (TPSA) is 72.2 Å². The maximum atomic E-state index is 12.4. The number of benzene rings is 1. The van der Waals surface area contributed by atoms with Gasteiger partial charge in [0.2, 0.25) is 10.0 Å². The zero-order chi connectivity index (χ0) is 14.9. The molecule has 0 heterocycles. The first-order chi connectivity index (χ1) is 9.35. The van der Waals surface area contributed by atoms with E-state index in [0.29, 0.717) is 17.0 Å². The molecule has 20 heavy (non-hydrogen) atoms. The quantitative estimate of drug-likeness (QED) is 0.789. The summed E-state index contributed by atoms with van der Waals surface area (Å²) in [6.45, 7) is 3.88. The van der Waals surface area contributed by atoms with E-state index in [0.717, 1.165) is 19.3 Å². The third kappa shape index (κ3) is 3.37. The van der Waals surface area contributed by atoms with Gasteiger partial charge in [0.1, 0.15) is 4.99 Å². The van der Waals surface area contributed by atoms with Gasteiger partial charge in [0.05, 0.1) is 4.90 Å². The summed E-state index contributed by atoms with van der Waals surface area (Å²) in [5.41, 5.74) is 6.84. The molecule has 1 aliphatic carbocycles. The van der Waals surface area contributed by atoms with E-state index in [9.17, 15) is 8.42 Å². The highest BCUT2D eigenvalue weighted by atomic mass is 32.2. The van der Waals surface area contributed by atoms with Crippen LogP contribution in [0.4, 0.5) is 0 Å². The van der Waals surface area contributed by atoms with Crippen molar-refractivity contribution in [2.75, 3.05) is 0 Å². The Kier molecular flexibility index (Phi) is 4.46. The molecule has 0 aliphatic heterocycles. The van der Waals surface area contributed by atoms with E-state index in [2.05, 4.69) is 11.6 Å². The number of nitrogens with one attached hydrogen (secondary N) is 1. The standard InChI is InChI=1S/C14H20N2O2S2/c1-3-4-10-7-12(10)16-20(17,18)13-8-11(14(15)19)6-5-9(13)2/h5-6,8,10,12,16H,3-4,7H2,1-2H3,(H2,15,19). The Morgan fingerprint density at radius 2 is 2.20 bits per heavy atom. The second kappa shape index (κ2) is 5.79. The maximum Gasteiger partial charge on any atom is 0.241 e. The molecule has 0 bridgehead atoms. The van der Waals surface area contributed by atoms with Gasteiger partial charge in [-0.2, -0.15) is 0 Å². The minimum absolute atomic E-state index is 0.0767. The molecule has 1 aromatic rings. The lowest BCUT2D eigenvalue weighted by Gasteiger charge is -2.10. The zero-order valence-corrected chi connectivity index (χ0v) is 13.4. The van der Waals surface area contributed by atoms with Crippen molar-refractivity contribution in [1.82, 2.24) is 4.72 Å². The molecular formula is C14H20N2O2S2. The van der Waals surface area contributed by atoms with E-state index in [1.807, 2.05) is 0 Å². The summed E-state index contributed by atoms with van der Waals surface area (Å²) >= 11 is 4.90. The highest BCUT2D eigenvalue weighted by Gasteiger charge is 2.39. The smallest absolute Gasteiger partial charge is 0.241 e. The Hall–Kier alpha value is -0.980.